The summed E-state index contributed by atoms with van der Waals surface area (Å²) in [5.41, 5.74) is 4.68. The Morgan fingerprint density at radius 2 is 1.88 bits per heavy atom. The molecule has 5 aromatic rings. The summed E-state index contributed by atoms with van der Waals surface area (Å²) in [7, 11) is 0. The van der Waals surface area contributed by atoms with E-state index in [9.17, 15) is 4.79 Å². The number of aromatic nitrogens is 4. The van der Waals surface area contributed by atoms with Crippen molar-refractivity contribution < 1.29 is 13.9 Å². The summed E-state index contributed by atoms with van der Waals surface area (Å²) in [6, 6.07) is 15.7. The van der Waals surface area contributed by atoms with Gasteiger partial charge in [0.1, 0.15) is 0 Å². The van der Waals surface area contributed by atoms with Crippen LogP contribution in [0.5, 0.6) is 0 Å². The first-order chi connectivity index (χ1) is 15.7. The van der Waals surface area contributed by atoms with E-state index >= 15 is 0 Å². The zero-order chi connectivity index (χ0) is 22.1. The molecule has 2 aromatic carbocycles. The van der Waals surface area contributed by atoms with Crippen LogP contribution in [-0.2, 0) is 10.5 Å². The molecule has 0 bridgehead atoms. The third-order valence-corrected chi connectivity index (χ3v) is 6.09. The number of nitrogens with one attached hydrogen (secondary N) is 1. The van der Waals surface area contributed by atoms with Gasteiger partial charge in [-0.25, -0.2) is 4.79 Å². The van der Waals surface area contributed by atoms with Crippen LogP contribution in [0.1, 0.15) is 28.5 Å². The second kappa shape index (κ2) is 8.47. The summed E-state index contributed by atoms with van der Waals surface area (Å²) in [5, 5.41) is 10.7. The minimum atomic E-state index is -0.371. The zero-order valence-corrected chi connectivity index (χ0v) is 18.4. The lowest BCUT2D eigenvalue weighted by Gasteiger charge is -2.13. The molecule has 3 heterocycles. The van der Waals surface area contributed by atoms with E-state index < -0.39 is 0 Å². The molecule has 1 N–H and O–H groups in total. The number of carbonyl (C=O) groups excluding carboxylic acids is 1. The molecule has 0 saturated carbocycles. The van der Waals surface area contributed by atoms with Gasteiger partial charge in [-0.3, -0.25) is 4.98 Å². The largest absolute Gasteiger partial charge is 0.462 e. The van der Waals surface area contributed by atoms with Crippen molar-refractivity contribution in [2.45, 2.75) is 24.8 Å². The van der Waals surface area contributed by atoms with Gasteiger partial charge in [0.25, 0.3) is 11.1 Å². The number of hydrogen-bond donors (Lipinski definition) is 1. The number of H-pyrrole nitrogens is 1. The van der Waals surface area contributed by atoms with Gasteiger partial charge in [-0.05, 0) is 31.5 Å². The fraction of sp³-hybridized carbons (Fsp3) is 0.167. The molecular formula is C24H20N4O3S. The van der Waals surface area contributed by atoms with Crippen molar-refractivity contribution in [2.75, 3.05) is 6.61 Å². The number of aromatic amines is 1. The Morgan fingerprint density at radius 3 is 2.72 bits per heavy atom. The number of aryl methyl sites for hydroxylation is 1. The van der Waals surface area contributed by atoms with E-state index in [0.717, 1.165) is 32.9 Å². The van der Waals surface area contributed by atoms with Gasteiger partial charge in [0.15, 0.2) is 0 Å². The number of fused-ring (bicyclic) bond motifs is 2. The predicted molar refractivity (Wildman–Crippen MR) is 124 cm³/mol. The fourth-order valence-electron chi connectivity index (χ4n) is 3.77. The molecule has 0 aliphatic rings. The number of carbonyl (C=O) groups is 1. The Kier molecular flexibility index (Phi) is 5.36. The summed E-state index contributed by atoms with van der Waals surface area (Å²) in [6.45, 7) is 4.02. The normalized spacial score (nSPS) is 11.3. The maximum absolute atomic E-state index is 12.7. The average molecular weight is 445 g/mol. The maximum atomic E-state index is 12.7. The van der Waals surface area contributed by atoms with Gasteiger partial charge in [0.05, 0.1) is 28.9 Å². The molecule has 0 aliphatic heterocycles. The first-order valence-electron chi connectivity index (χ1n) is 10.2. The number of benzene rings is 2. The molecule has 0 aliphatic carbocycles. The van der Waals surface area contributed by atoms with Gasteiger partial charge >= 0.3 is 5.97 Å². The van der Waals surface area contributed by atoms with Crippen molar-refractivity contribution >= 4 is 39.5 Å². The molecule has 160 valence electrons. The summed E-state index contributed by atoms with van der Waals surface area (Å²) >= 11 is 1.34. The average Bonchev–Trinajstić information content (AvgIpc) is 3.45. The molecule has 3 aromatic heterocycles. The van der Waals surface area contributed by atoms with Crippen LogP contribution in [-0.4, -0.2) is 32.7 Å². The highest BCUT2D eigenvalue weighted by Crippen LogP contribution is 2.32. The van der Waals surface area contributed by atoms with E-state index in [-0.39, 0.29) is 5.97 Å². The van der Waals surface area contributed by atoms with Gasteiger partial charge < -0.3 is 14.1 Å². The number of esters is 1. The van der Waals surface area contributed by atoms with Gasteiger partial charge in [-0.1, -0.05) is 48.2 Å². The van der Waals surface area contributed by atoms with E-state index in [1.165, 1.54) is 11.8 Å². The second-order valence-corrected chi connectivity index (χ2v) is 8.13. The summed E-state index contributed by atoms with van der Waals surface area (Å²) < 4.78 is 11.2. The lowest BCUT2D eigenvalue weighted by molar-refractivity contribution is 0.0524. The molecule has 32 heavy (non-hydrogen) atoms. The Bertz CT molecular complexity index is 1440. The van der Waals surface area contributed by atoms with Crippen molar-refractivity contribution in [3.05, 3.63) is 71.5 Å². The topological polar surface area (TPSA) is 93.9 Å². The van der Waals surface area contributed by atoms with Crippen molar-refractivity contribution in [3.63, 3.8) is 0 Å². The Morgan fingerprint density at radius 1 is 1.09 bits per heavy atom. The lowest BCUT2D eigenvalue weighted by Crippen LogP contribution is -2.12. The van der Waals surface area contributed by atoms with E-state index in [1.807, 2.05) is 61.7 Å². The first-order valence-corrected chi connectivity index (χ1v) is 11.2. The number of hydrogen-bond acceptors (Lipinski definition) is 7. The molecule has 0 saturated heterocycles. The smallest absolute Gasteiger partial charge is 0.340 e. The van der Waals surface area contributed by atoms with Crippen molar-refractivity contribution in [2.24, 2.45) is 0 Å². The highest BCUT2D eigenvalue weighted by molar-refractivity contribution is 7.98. The number of ether oxygens (including phenoxy) is 1. The van der Waals surface area contributed by atoms with Gasteiger partial charge in [-0.15, -0.1) is 10.2 Å². The van der Waals surface area contributed by atoms with Crippen LogP contribution in [0, 0.1) is 6.92 Å². The molecule has 0 amide bonds. The molecule has 0 spiro atoms. The van der Waals surface area contributed by atoms with Crippen LogP contribution in [0.3, 0.4) is 0 Å². The maximum Gasteiger partial charge on any atom is 0.340 e. The van der Waals surface area contributed by atoms with Crippen LogP contribution in [0.2, 0.25) is 0 Å². The number of thioether (sulfide) groups is 1. The molecule has 8 heteroatoms. The summed E-state index contributed by atoms with van der Waals surface area (Å²) in [4.78, 5) is 20.6. The number of pyridine rings is 1. The number of rotatable bonds is 6. The Balaban J connectivity index is 1.45. The van der Waals surface area contributed by atoms with Crippen molar-refractivity contribution in [1.82, 2.24) is 20.2 Å². The van der Waals surface area contributed by atoms with E-state index in [2.05, 4.69) is 15.2 Å². The molecule has 7 nitrogen and oxygen atoms in total. The number of nitrogens with zero attached hydrogens (tertiary/aromatic N) is 3. The third-order valence-electron chi connectivity index (χ3n) is 5.27. The Hall–Kier alpha value is -3.65. The summed E-state index contributed by atoms with van der Waals surface area (Å²) in [5.74, 6) is 0.470. The van der Waals surface area contributed by atoms with Crippen LogP contribution >= 0.6 is 11.8 Å². The predicted octanol–water partition coefficient (Wildman–Crippen LogP) is 5.54. The minimum Gasteiger partial charge on any atom is -0.462 e. The van der Waals surface area contributed by atoms with Crippen molar-refractivity contribution in [1.29, 1.82) is 0 Å². The van der Waals surface area contributed by atoms with Gasteiger partial charge in [-0.2, -0.15) is 0 Å². The number of para-hydroxylation sites is 2. The van der Waals surface area contributed by atoms with Gasteiger partial charge in [0.2, 0.25) is 0 Å². The lowest BCUT2D eigenvalue weighted by atomic mass is 10.0. The first kappa shape index (κ1) is 20.3. The molecule has 0 atom stereocenters. The molecule has 5 rings (SSSR count). The summed E-state index contributed by atoms with van der Waals surface area (Å²) in [6.07, 6.45) is 1.86. The molecule has 0 unspecified atom stereocenters. The van der Waals surface area contributed by atoms with E-state index in [0.29, 0.717) is 34.7 Å². The quantitative estimate of drug-likeness (QED) is 0.271. The molecular weight excluding hydrogens is 424 g/mol. The van der Waals surface area contributed by atoms with Crippen LogP contribution < -0.4 is 0 Å². The second-order valence-electron chi connectivity index (χ2n) is 7.21. The molecule has 0 fully saturated rings. The van der Waals surface area contributed by atoms with Gasteiger partial charge in [0, 0.05) is 28.2 Å². The SMILES string of the molecule is CCOC(=O)c1c(CSc2nnc(-c3c[nH]c4ccccc34)o2)nc2ccccc2c1C. The Labute approximate surface area is 188 Å². The van der Waals surface area contributed by atoms with Crippen LogP contribution in [0.4, 0.5) is 0 Å². The highest BCUT2D eigenvalue weighted by Gasteiger charge is 2.21. The third kappa shape index (κ3) is 3.62. The monoisotopic (exact) mass is 444 g/mol. The van der Waals surface area contributed by atoms with Crippen molar-refractivity contribution in [3.8, 4) is 11.5 Å². The molecule has 0 radical (unpaired) electrons. The highest BCUT2D eigenvalue weighted by atomic mass is 32.2. The van der Waals surface area contributed by atoms with E-state index in [1.54, 1.807) is 6.92 Å². The standard InChI is InChI=1S/C24H20N4O3S/c1-3-30-23(29)21-14(2)15-8-4-7-11-19(15)26-20(21)13-32-24-28-27-22(31-24)17-12-25-18-10-6-5-9-16(17)18/h4-12,25H,3,13H2,1-2H3. The minimum absolute atomic E-state index is 0.301. The fourth-order valence-corrected chi connectivity index (χ4v) is 4.48. The zero-order valence-electron chi connectivity index (χ0n) is 17.6. The van der Waals surface area contributed by atoms with Crippen LogP contribution in [0.25, 0.3) is 33.3 Å². The van der Waals surface area contributed by atoms with Crippen LogP contribution in [0.15, 0.2) is 64.4 Å². The van der Waals surface area contributed by atoms with E-state index in [4.69, 9.17) is 14.1 Å².